The number of hydrogen-bond donors (Lipinski definition) is 1. The second-order valence-electron chi connectivity index (χ2n) is 5.61. The molecule has 0 aliphatic carbocycles. The van der Waals surface area contributed by atoms with Gasteiger partial charge in [0.2, 0.25) is 9.30 Å². The van der Waals surface area contributed by atoms with Crippen LogP contribution in [-0.4, -0.2) is 63.1 Å². The largest absolute Gasteiger partial charge is 0.491 e. The molecular weight excluding hydrogens is 404 g/mol. The molecule has 0 atom stereocenters. The van der Waals surface area contributed by atoms with Gasteiger partial charge in [0.1, 0.15) is 12.4 Å². The highest BCUT2D eigenvalue weighted by atomic mass is 32.2. The lowest BCUT2D eigenvalue weighted by atomic mass is 10.2. The van der Waals surface area contributed by atoms with Gasteiger partial charge in [-0.2, -0.15) is 0 Å². The molecule has 0 radical (unpaired) electrons. The second-order valence-corrected chi connectivity index (χ2v) is 8.63. The predicted octanol–water partition coefficient (Wildman–Crippen LogP) is 1.80. The van der Waals surface area contributed by atoms with Crippen LogP contribution in [0.2, 0.25) is 0 Å². The fraction of sp³-hybridized carbons (Fsp3) is 0.412. The molecule has 0 aliphatic heterocycles. The Kier molecular flexibility index (Phi) is 6.97. The van der Waals surface area contributed by atoms with E-state index in [1.807, 2.05) is 31.2 Å². The van der Waals surface area contributed by atoms with Crippen molar-refractivity contribution >= 4 is 26.3 Å². The zero-order valence-corrected chi connectivity index (χ0v) is 17.3. The molecule has 3 aromatic rings. The van der Waals surface area contributed by atoms with Crippen molar-refractivity contribution in [2.45, 2.75) is 11.3 Å². The molecule has 9 nitrogen and oxygen atoms in total. The summed E-state index contributed by atoms with van der Waals surface area (Å²) in [6, 6.07) is 7.49. The third-order valence-electron chi connectivity index (χ3n) is 3.75. The summed E-state index contributed by atoms with van der Waals surface area (Å²) in [5.41, 5.74) is 1.59. The molecular formula is C17H22N4O5S2. The summed E-state index contributed by atoms with van der Waals surface area (Å²) >= 11 is 1.01. The molecule has 0 aliphatic rings. The number of sulfonamides is 1. The van der Waals surface area contributed by atoms with E-state index in [0.29, 0.717) is 43.7 Å². The zero-order valence-electron chi connectivity index (χ0n) is 15.6. The van der Waals surface area contributed by atoms with Gasteiger partial charge in [0.05, 0.1) is 31.7 Å². The number of benzene rings is 1. The van der Waals surface area contributed by atoms with Crippen molar-refractivity contribution in [2.24, 2.45) is 0 Å². The third kappa shape index (κ3) is 5.06. The first-order valence-electron chi connectivity index (χ1n) is 8.72. The van der Waals surface area contributed by atoms with Crippen molar-refractivity contribution in [3.63, 3.8) is 0 Å². The zero-order chi connectivity index (χ0) is 20.0. The molecule has 0 saturated carbocycles. The Labute approximate surface area is 167 Å². The number of nitrogens with zero attached hydrogens (tertiary/aromatic N) is 3. The first-order chi connectivity index (χ1) is 13.5. The third-order valence-corrected chi connectivity index (χ3v) is 6.45. The Balaban J connectivity index is 1.57. The van der Waals surface area contributed by atoms with Crippen LogP contribution in [0.5, 0.6) is 5.75 Å². The van der Waals surface area contributed by atoms with Gasteiger partial charge in [0.15, 0.2) is 0 Å². The summed E-state index contributed by atoms with van der Waals surface area (Å²) in [6.45, 7) is 4.73. The number of nitrogens with one attached hydrogen (secondary N) is 1. The minimum atomic E-state index is -3.57. The number of imidazole rings is 1. The molecule has 1 aromatic carbocycles. The Morgan fingerprint density at radius 2 is 1.82 bits per heavy atom. The quantitative estimate of drug-likeness (QED) is 0.466. The van der Waals surface area contributed by atoms with E-state index in [-0.39, 0.29) is 4.34 Å². The molecule has 0 bridgehead atoms. The van der Waals surface area contributed by atoms with Crippen LogP contribution in [0.3, 0.4) is 0 Å². The van der Waals surface area contributed by atoms with Gasteiger partial charge in [-0.1, -0.05) is 11.3 Å². The van der Waals surface area contributed by atoms with E-state index in [0.717, 1.165) is 22.6 Å². The van der Waals surface area contributed by atoms with Crippen LogP contribution >= 0.6 is 11.3 Å². The van der Waals surface area contributed by atoms with Crippen LogP contribution in [0, 0.1) is 0 Å². The molecule has 3 rings (SSSR count). The van der Waals surface area contributed by atoms with Gasteiger partial charge in [-0.3, -0.25) is 0 Å². The number of ether oxygens (including phenoxy) is 3. The van der Waals surface area contributed by atoms with E-state index < -0.39 is 10.0 Å². The van der Waals surface area contributed by atoms with E-state index >= 15 is 0 Å². The lowest BCUT2D eigenvalue weighted by Crippen LogP contribution is -2.18. The Morgan fingerprint density at radius 3 is 2.50 bits per heavy atom. The molecule has 0 amide bonds. The molecule has 1 N–H and O–H groups in total. The number of hydrogen-bond acceptors (Lipinski definition) is 8. The van der Waals surface area contributed by atoms with Crippen molar-refractivity contribution < 1.29 is 22.6 Å². The molecule has 152 valence electrons. The predicted molar refractivity (Wildman–Crippen MR) is 105 cm³/mol. The Hall–Kier alpha value is -2.05. The van der Waals surface area contributed by atoms with Crippen LogP contribution < -0.4 is 9.46 Å². The van der Waals surface area contributed by atoms with Gasteiger partial charge >= 0.3 is 0 Å². The van der Waals surface area contributed by atoms with E-state index in [1.165, 1.54) is 11.6 Å². The number of rotatable bonds is 11. The van der Waals surface area contributed by atoms with Crippen molar-refractivity contribution in [2.75, 3.05) is 40.1 Å². The van der Waals surface area contributed by atoms with Crippen molar-refractivity contribution in [3.8, 4) is 17.0 Å². The fourth-order valence-corrected chi connectivity index (χ4v) is 4.22. The molecule has 28 heavy (non-hydrogen) atoms. The summed E-state index contributed by atoms with van der Waals surface area (Å²) in [5, 5.41) is 4.07. The molecule has 2 heterocycles. The van der Waals surface area contributed by atoms with Crippen LogP contribution in [0.1, 0.15) is 6.92 Å². The van der Waals surface area contributed by atoms with E-state index in [4.69, 9.17) is 14.2 Å². The molecule has 11 heteroatoms. The van der Waals surface area contributed by atoms with Gasteiger partial charge in [0, 0.05) is 12.2 Å². The first-order valence-corrected chi connectivity index (χ1v) is 11.0. The summed E-state index contributed by atoms with van der Waals surface area (Å²) in [4.78, 5) is 4.95. The molecule has 0 unspecified atom stereocenters. The maximum Gasteiger partial charge on any atom is 0.269 e. The average Bonchev–Trinajstić information content (AvgIpc) is 3.27. The van der Waals surface area contributed by atoms with Crippen LogP contribution in [0.25, 0.3) is 16.2 Å². The highest BCUT2D eigenvalue weighted by Gasteiger charge is 2.19. The van der Waals surface area contributed by atoms with Gasteiger partial charge in [-0.05, 0) is 38.2 Å². The van der Waals surface area contributed by atoms with Gasteiger partial charge < -0.3 is 14.2 Å². The molecule has 0 fully saturated rings. The standard InChI is InChI=1S/C17H22N4O5S2/c1-3-24-8-9-25-10-11-26-14-6-4-13(5-7-14)15-12-21-16(19-15)27-17(20-21)28(22,23)18-2/h4-7,12,18H,3,8-11H2,1-2H3. The smallest absolute Gasteiger partial charge is 0.269 e. The highest BCUT2D eigenvalue weighted by Crippen LogP contribution is 2.25. The second kappa shape index (κ2) is 9.43. The normalized spacial score (nSPS) is 11.9. The maximum atomic E-state index is 11.8. The van der Waals surface area contributed by atoms with Crippen LogP contribution in [-0.2, 0) is 19.5 Å². The highest BCUT2D eigenvalue weighted by molar-refractivity contribution is 7.91. The van der Waals surface area contributed by atoms with Crippen molar-refractivity contribution in [1.82, 2.24) is 19.3 Å². The minimum absolute atomic E-state index is 0.0173. The van der Waals surface area contributed by atoms with Crippen molar-refractivity contribution in [1.29, 1.82) is 0 Å². The van der Waals surface area contributed by atoms with E-state index in [1.54, 1.807) is 6.20 Å². The summed E-state index contributed by atoms with van der Waals surface area (Å²) < 4.78 is 43.5. The number of fused-ring (bicyclic) bond motifs is 1. The summed E-state index contributed by atoms with van der Waals surface area (Å²) in [5.74, 6) is 0.735. The van der Waals surface area contributed by atoms with Crippen LogP contribution in [0.4, 0.5) is 0 Å². The minimum Gasteiger partial charge on any atom is -0.491 e. The van der Waals surface area contributed by atoms with Gasteiger partial charge in [-0.15, -0.1) is 5.10 Å². The SMILES string of the molecule is CCOCCOCCOc1ccc(-c2cn3nc(S(=O)(=O)NC)sc3n2)cc1. The van der Waals surface area contributed by atoms with Crippen LogP contribution in [0.15, 0.2) is 34.8 Å². The summed E-state index contributed by atoms with van der Waals surface area (Å²) in [7, 11) is -2.22. The number of aromatic nitrogens is 3. The van der Waals surface area contributed by atoms with E-state index in [2.05, 4.69) is 14.8 Å². The topological polar surface area (TPSA) is 104 Å². The Morgan fingerprint density at radius 1 is 1.11 bits per heavy atom. The fourth-order valence-electron chi connectivity index (χ4n) is 2.32. The summed E-state index contributed by atoms with van der Waals surface area (Å²) in [6.07, 6.45) is 1.70. The first kappa shape index (κ1) is 20.7. The molecule has 0 spiro atoms. The van der Waals surface area contributed by atoms with Crippen molar-refractivity contribution in [3.05, 3.63) is 30.5 Å². The molecule has 2 aromatic heterocycles. The average molecular weight is 427 g/mol. The lowest BCUT2D eigenvalue weighted by Gasteiger charge is -2.07. The Bertz CT molecular complexity index is 967. The van der Waals surface area contributed by atoms with Gasteiger partial charge in [-0.25, -0.2) is 22.6 Å². The van der Waals surface area contributed by atoms with E-state index in [9.17, 15) is 8.42 Å². The lowest BCUT2D eigenvalue weighted by molar-refractivity contribution is 0.0405. The monoisotopic (exact) mass is 426 g/mol. The maximum absolute atomic E-state index is 11.8. The van der Waals surface area contributed by atoms with Gasteiger partial charge in [0.25, 0.3) is 10.0 Å². The molecule has 0 saturated heterocycles.